The summed E-state index contributed by atoms with van der Waals surface area (Å²) < 4.78 is 35.5. The highest BCUT2D eigenvalue weighted by Gasteiger charge is 2.40. The van der Waals surface area contributed by atoms with Crippen molar-refractivity contribution in [2.24, 2.45) is 5.41 Å². The second-order valence-corrected chi connectivity index (χ2v) is 3.78. The summed E-state index contributed by atoms with van der Waals surface area (Å²) in [4.78, 5) is 10.5. The predicted octanol–water partition coefficient (Wildman–Crippen LogP) is 1.60. The highest BCUT2D eigenvalue weighted by atomic mass is 19.4. The van der Waals surface area contributed by atoms with Gasteiger partial charge in [-0.25, -0.2) is 5.32 Å². The molecule has 1 atom stereocenters. The van der Waals surface area contributed by atoms with Crippen LogP contribution in [0.25, 0.3) is 0 Å². The van der Waals surface area contributed by atoms with Gasteiger partial charge in [0.25, 0.3) is 0 Å². The van der Waals surface area contributed by atoms with E-state index in [1.807, 2.05) is 0 Å². The Hall–Kier alpha value is -0.780. The van der Waals surface area contributed by atoms with E-state index in [0.29, 0.717) is 0 Å². The Kier molecular flexibility index (Phi) is 3.32. The minimum atomic E-state index is -4.67. The quantitative estimate of drug-likeness (QED) is 0.664. The van der Waals surface area contributed by atoms with Crippen molar-refractivity contribution in [3.05, 3.63) is 0 Å². The normalized spacial score (nSPS) is 15.5. The van der Waals surface area contributed by atoms with E-state index in [9.17, 15) is 18.0 Å². The largest absolute Gasteiger partial charge is 0.480 e. The second kappa shape index (κ2) is 3.53. The molecule has 0 radical (unpaired) electrons. The third kappa shape index (κ3) is 4.72. The third-order valence-electron chi connectivity index (χ3n) is 1.42. The van der Waals surface area contributed by atoms with Gasteiger partial charge in [-0.05, 0) is 5.41 Å². The number of rotatable bonds is 2. The van der Waals surface area contributed by atoms with Gasteiger partial charge in [0.05, 0.1) is 0 Å². The number of halogens is 3. The topological polar surface area (TPSA) is 49.3 Å². The van der Waals surface area contributed by atoms with Crippen LogP contribution in [0.15, 0.2) is 0 Å². The van der Waals surface area contributed by atoms with E-state index in [4.69, 9.17) is 5.11 Å². The fourth-order valence-corrected chi connectivity index (χ4v) is 0.812. The van der Waals surface area contributed by atoms with Crippen LogP contribution in [0.3, 0.4) is 0 Å². The minimum Gasteiger partial charge on any atom is -0.480 e. The van der Waals surface area contributed by atoms with Crippen LogP contribution in [0.2, 0.25) is 0 Å². The fraction of sp³-hybridized carbons (Fsp3) is 0.857. The number of carboxylic acid groups (broad SMARTS) is 1. The monoisotopic (exact) mass is 199 g/mol. The first-order valence-electron chi connectivity index (χ1n) is 3.61. The summed E-state index contributed by atoms with van der Waals surface area (Å²) in [6, 6.07) is -1.63. The summed E-state index contributed by atoms with van der Waals surface area (Å²) in [6.07, 6.45) is -4.67. The lowest BCUT2D eigenvalue weighted by Gasteiger charge is -2.28. The van der Waals surface area contributed by atoms with Gasteiger partial charge in [-0.2, -0.15) is 13.2 Å². The van der Waals surface area contributed by atoms with Crippen LogP contribution in [0.5, 0.6) is 0 Å². The second-order valence-electron chi connectivity index (χ2n) is 3.78. The Bertz CT molecular complexity index is 195. The fourth-order valence-electron chi connectivity index (χ4n) is 0.812. The molecule has 0 heterocycles. The molecule has 6 heteroatoms. The van der Waals surface area contributed by atoms with Gasteiger partial charge in [0.1, 0.15) is 6.04 Å². The van der Waals surface area contributed by atoms with Crippen molar-refractivity contribution in [3.8, 4) is 0 Å². The van der Waals surface area contributed by atoms with Crippen LogP contribution in [-0.4, -0.2) is 23.4 Å². The van der Waals surface area contributed by atoms with Gasteiger partial charge in [-0.1, -0.05) is 20.8 Å². The van der Waals surface area contributed by atoms with E-state index in [-0.39, 0.29) is 0 Å². The number of nitrogens with one attached hydrogen (secondary N) is 1. The average Bonchev–Trinajstić information content (AvgIpc) is 1.77. The SMILES string of the molecule is CC(C)(C)C(NC(F)(F)F)C(=O)O. The maximum absolute atomic E-state index is 11.8. The molecular weight excluding hydrogens is 187 g/mol. The van der Waals surface area contributed by atoms with Crippen LogP contribution >= 0.6 is 0 Å². The van der Waals surface area contributed by atoms with Gasteiger partial charge >= 0.3 is 12.3 Å². The van der Waals surface area contributed by atoms with Crippen LogP contribution in [0.4, 0.5) is 13.2 Å². The molecule has 0 aromatic rings. The van der Waals surface area contributed by atoms with Crippen LogP contribution in [-0.2, 0) is 4.79 Å². The number of alkyl halides is 3. The molecule has 0 aliphatic heterocycles. The molecule has 0 fully saturated rings. The maximum Gasteiger partial charge on any atom is 0.458 e. The molecular formula is C7H12F3NO2. The number of hydrogen-bond donors (Lipinski definition) is 2. The van der Waals surface area contributed by atoms with Crippen molar-refractivity contribution in [2.45, 2.75) is 33.1 Å². The zero-order valence-electron chi connectivity index (χ0n) is 7.57. The van der Waals surface area contributed by atoms with Crippen molar-refractivity contribution in [1.29, 1.82) is 0 Å². The summed E-state index contributed by atoms with van der Waals surface area (Å²) in [6.45, 7) is 4.26. The third-order valence-corrected chi connectivity index (χ3v) is 1.42. The number of carboxylic acids is 1. The Morgan fingerprint density at radius 2 is 1.69 bits per heavy atom. The molecule has 3 nitrogen and oxygen atoms in total. The van der Waals surface area contributed by atoms with Gasteiger partial charge in [0.15, 0.2) is 0 Å². The summed E-state index contributed by atoms with van der Waals surface area (Å²) >= 11 is 0. The Morgan fingerprint density at radius 3 is 1.77 bits per heavy atom. The maximum atomic E-state index is 11.8. The first-order valence-corrected chi connectivity index (χ1v) is 3.61. The van der Waals surface area contributed by atoms with Crippen molar-refractivity contribution in [1.82, 2.24) is 5.32 Å². The zero-order chi connectivity index (χ0) is 10.9. The minimum absolute atomic E-state index is 0.985. The van der Waals surface area contributed by atoms with Gasteiger partial charge in [0, 0.05) is 0 Å². The molecule has 0 saturated carbocycles. The molecule has 0 aromatic heterocycles. The van der Waals surface area contributed by atoms with E-state index >= 15 is 0 Å². The van der Waals surface area contributed by atoms with Crippen molar-refractivity contribution in [2.75, 3.05) is 0 Å². The number of hydrogen-bond acceptors (Lipinski definition) is 2. The van der Waals surface area contributed by atoms with Gasteiger partial charge in [-0.15, -0.1) is 0 Å². The van der Waals surface area contributed by atoms with Gasteiger partial charge < -0.3 is 5.11 Å². The average molecular weight is 199 g/mol. The number of aliphatic carboxylic acids is 1. The zero-order valence-corrected chi connectivity index (χ0v) is 7.57. The molecule has 0 bridgehead atoms. The van der Waals surface area contributed by atoms with E-state index in [1.54, 1.807) is 0 Å². The molecule has 2 N–H and O–H groups in total. The van der Waals surface area contributed by atoms with E-state index in [2.05, 4.69) is 0 Å². The highest BCUT2D eigenvalue weighted by Crippen LogP contribution is 2.23. The smallest absolute Gasteiger partial charge is 0.458 e. The van der Waals surface area contributed by atoms with Crippen molar-refractivity contribution in [3.63, 3.8) is 0 Å². The Labute approximate surface area is 73.9 Å². The highest BCUT2D eigenvalue weighted by molar-refractivity contribution is 5.74. The van der Waals surface area contributed by atoms with E-state index in [1.165, 1.54) is 20.8 Å². The van der Waals surface area contributed by atoms with E-state index in [0.717, 1.165) is 5.32 Å². The summed E-state index contributed by atoms with van der Waals surface area (Å²) in [5.74, 6) is -1.51. The van der Waals surface area contributed by atoms with Crippen LogP contribution < -0.4 is 5.32 Å². The lowest BCUT2D eigenvalue weighted by atomic mass is 9.87. The van der Waals surface area contributed by atoms with Gasteiger partial charge in [-0.3, -0.25) is 4.79 Å². The molecule has 0 rings (SSSR count). The van der Waals surface area contributed by atoms with E-state index < -0.39 is 23.7 Å². The molecule has 0 spiro atoms. The summed E-state index contributed by atoms with van der Waals surface area (Å²) in [5, 5.41) is 9.61. The molecule has 0 aliphatic rings. The Morgan fingerprint density at radius 1 is 1.31 bits per heavy atom. The molecule has 0 aliphatic carbocycles. The lowest BCUT2D eigenvalue weighted by Crippen LogP contribution is -2.52. The molecule has 78 valence electrons. The Balaban J connectivity index is 4.56. The standard InChI is InChI=1S/C7H12F3NO2/c1-6(2,3)4(5(12)13)11-7(8,9)10/h4,11H,1-3H3,(H,12,13). The predicted molar refractivity (Wildman–Crippen MR) is 40.1 cm³/mol. The van der Waals surface area contributed by atoms with Crippen LogP contribution in [0, 0.1) is 5.41 Å². The summed E-state index contributed by atoms with van der Waals surface area (Å²) in [7, 11) is 0. The van der Waals surface area contributed by atoms with Gasteiger partial charge in [0.2, 0.25) is 0 Å². The van der Waals surface area contributed by atoms with Crippen LogP contribution in [0.1, 0.15) is 20.8 Å². The first kappa shape index (κ1) is 12.2. The molecule has 0 saturated heterocycles. The molecule has 0 aromatic carbocycles. The first-order chi connectivity index (χ1) is 5.54. The molecule has 0 amide bonds. The molecule has 1 unspecified atom stereocenters. The van der Waals surface area contributed by atoms with Crippen molar-refractivity contribution >= 4 is 5.97 Å². The number of carbonyl (C=O) groups is 1. The summed E-state index contributed by atoms with van der Waals surface area (Å²) in [5.41, 5.74) is -0.985. The molecule has 13 heavy (non-hydrogen) atoms. The van der Waals surface area contributed by atoms with Crippen molar-refractivity contribution < 1.29 is 23.1 Å². The lowest BCUT2D eigenvalue weighted by molar-refractivity contribution is -0.181.